The van der Waals surface area contributed by atoms with Gasteiger partial charge in [-0.2, -0.15) is 0 Å². The maximum Gasteiger partial charge on any atom is 0.180 e. The fraction of sp³-hybridized carbons (Fsp3) is 0.385. The molecule has 0 saturated carbocycles. The van der Waals surface area contributed by atoms with E-state index in [1.54, 1.807) is 12.3 Å². The highest BCUT2D eigenvalue weighted by molar-refractivity contribution is 6.30. The average Bonchev–Trinajstić information content (AvgIpc) is 3.31. The first-order chi connectivity index (χ1) is 16.0. The highest BCUT2D eigenvalue weighted by atomic mass is 35.5. The fourth-order valence-corrected chi connectivity index (χ4v) is 4.50. The summed E-state index contributed by atoms with van der Waals surface area (Å²) >= 11 is 6.35. The Kier molecular flexibility index (Phi) is 6.46. The second-order valence-electron chi connectivity index (χ2n) is 9.57. The van der Waals surface area contributed by atoms with E-state index in [1.807, 2.05) is 46.8 Å². The molecule has 2 N–H and O–H groups in total. The normalized spacial score (nSPS) is 12.2. The molecule has 3 heterocycles. The van der Waals surface area contributed by atoms with Crippen LogP contribution in [0.4, 0.5) is 0 Å². The van der Waals surface area contributed by atoms with E-state index in [1.165, 1.54) is 6.39 Å². The summed E-state index contributed by atoms with van der Waals surface area (Å²) in [6, 6.07) is 5.55. The summed E-state index contributed by atoms with van der Waals surface area (Å²) in [5.41, 5.74) is 6.37. The Morgan fingerprint density at radius 3 is 2.53 bits per heavy atom. The van der Waals surface area contributed by atoms with E-state index >= 15 is 0 Å². The number of halogens is 1. The van der Waals surface area contributed by atoms with Gasteiger partial charge in [0.2, 0.25) is 0 Å². The van der Waals surface area contributed by atoms with Gasteiger partial charge in [-0.15, -0.1) is 0 Å². The number of pyridine rings is 1. The minimum atomic E-state index is -1.52. The predicted molar refractivity (Wildman–Crippen MR) is 132 cm³/mol. The predicted octanol–water partition coefficient (Wildman–Crippen LogP) is 5.35. The minimum absolute atomic E-state index is 0.0364. The van der Waals surface area contributed by atoms with E-state index in [2.05, 4.69) is 16.5 Å². The molecule has 0 saturated heterocycles. The van der Waals surface area contributed by atoms with Crippen LogP contribution in [0, 0.1) is 20.8 Å². The molecule has 0 atom stereocenters. The minimum Gasteiger partial charge on any atom is -0.487 e. The van der Waals surface area contributed by atoms with Crippen LogP contribution < -0.4 is 4.74 Å². The van der Waals surface area contributed by atoms with Crippen LogP contribution in [-0.4, -0.2) is 36.6 Å². The standard InChI is InChI=1S/C26H30ClN3O4/c1-14-16(3)30(11-18-12-33-13-28-18)25-23(14)24(20(10-22(31)32)15(2)29-25)19-8-7-17(27)9-21(19)34-26(4,5)6/h7-9,12-13,22,31-32H,10-11H2,1-6H3. The Labute approximate surface area is 204 Å². The maximum absolute atomic E-state index is 9.93. The third-order valence-corrected chi connectivity index (χ3v) is 6.12. The first-order valence-corrected chi connectivity index (χ1v) is 11.5. The third-order valence-electron chi connectivity index (χ3n) is 5.88. The summed E-state index contributed by atoms with van der Waals surface area (Å²) < 4.78 is 13.6. The third kappa shape index (κ3) is 4.69. The Morgan fingerprint density at radius 2 is 1.91 bits per heavy atom. The van der Waals surface area contributed by atoms with Gasteiger partial charge in [0, 0.05) is 39.3 Å². The van der Waals surface area contributed by atoms with Crippen molar-refractivity contribution in [1.82, 2.24) is 14.5 Å². The number of aromatic nitrogens is 3. The molecule has 0 fully saturated rings. The van der Waals surface area contributed by atoms with Gasteiger partial charge < -0.3 is 23.9 Å². The number of aliphatic hydroxyl groups is 2. The SMILES string of the molecule is Cc1nc2c(c(C)c(C)n2Cc2cocn2)c(-c2ccc(Cl)cc2OC(C)(C)C)c1CC(O)O. The van der Waals surface area contributed by atoms with Crippen LogP contribution in [0.3, 0.4) is 0 Å². The molecule has 4 aromatic rings. The zero-order valence-electron chi connectivity index (χ0n) is 20.3. The molecule has 34 heavy (non-hydrogen) atoms. The number of rotatable bonds is 6. The zero-order chi connectivity index (χ0) is 24.8. The van der Waals surface area contributed by atoms with Gasteiger partial charge >= 0.3 is 0 Å². The lowest BCUT2D eigenvalue weighted by Gasteiger charge is -2.25. The van der Waals surface area contributed by atoms with Gasteiger partial charge in [0.1, 0.15) is 23.3 Å². The van der Waals surface area contributed by atoms with Gasteiger partial charge in [0.15, 0.2) is 12.7 Å². The quantitative estimate of drug-likeness (QED) is 0.359. The lowest BCUT2D eigenvalue weighted by molar-refractivity contribution is -0.0382. The first kappa shape index (κ1) is 24.3. The van der Waals surface area contributed by atoms with Crippen LogP contribution in [0.5, 0.6) is 5.75 Å². The second-order valence-corrected chi connectivity index (χ2v) is 10.0. The van der Waals surface area contributed by atoms with Gasteiger partial charge in [0.05, 0.1) is 12.2 Å². The van der Waals surface area contributed by atoms with Crippen molar-refractivity contribution in [3.63, 3.8) is 0 Å². The van der Waals surface area contributed by atoms with Crippen LogP contribution in [0.2, 0.25) is 5.02 Å². The van der Waals surface area contributed by atoms with Crippen molar-refractivity contribution in [3.05, 3.63) is 64.1 Å². The number of aliphatic hydroxyl groups excluding tert-OH is 1. The smallest absolute Gasteiger partial charge is 0.180 e. The summed E-state index contributed by atoms with van der Waals surface area (Å²) in [7, 11) is 0. The van der Waals surface area contributed by atoms with Crippen LogP contribution in [0.15, 0.2) is 35.3 Å². The van der Waals surface area contributed by atoms with Crippen molar-refractivity contribution in [2.24, 2.45) is 0 Å². The second kappa shape index (κ2) is 9.06. The Balaban J connectivity index is 2.08. The molecule has 3 aromatic heterocycles. The number of fused-ring (bicyclic) bond motifs is 1. The van der Waals surface area contributed by atoms with Gasteiger partial charge in [-0.25, -0.2) is 9.97 Å². The van der Waals surface area contributed by atoms with Crippen molar-refractivity contribution in [3.8, 4) is 16.9 Å². The van der Waals surface area contributed by atoms with Gasteiger partial charge in [-0.05, 0) is 70.9 Å². The molecule has 7 nitrogen and oxygen atoms in total. The molecule has 0 spiro atoms. The Hall–Kier alpha value is -2.87. The molecule has 0 unspecified atom stereocenters. The Morgan fingerprint density at radius 1 is 1.18 bits per heavy atom. The molecular weight excluding hydrogens is 454 g/mol. The molecule has 0 aliphatic heterocycles. The van der Waals surface area contributed by atoms with Crippen molar-refractivity contribution in [1.29, 1.82) is 0 Å². The number of oxazole rings is 1. The molecule has 0 aliphatic rings. The molecule has 0 amide bonds. The highest BCUT2D eigenvalue weighted by Gasteiger charge is 2.26. The molecule has 180 valence electrons. The molecule has 1 aromatic carbocycles. The summed E-state index contributed by atoms with van der Waals surface area (Å²) in [5.74, 6) is 0.627. The molecular formula is C26H30ClN3O4. The van der Waals surface area contributed by atoms with E-state index < -0.39 is 11.9 Å². The Bertz CT molecular complexity index is 1340. The average molecular weight is 484 g/mol. The fourth-order valence-electron chi connectivity index (χ4n) is 4.34. The number of hydrogen-bond donors (Lipinski definition) is 2. The van der Waals surface area contributed by atoms with E-state index in [0.717, 1.165) is 44.7 Å². The molecule has 0 aliphatic carbocycles. The number of ether oxygens (including phenoxy) is 1. The molecule has 4 rings (SSSR count). The van der Waals surface area contributed by atoms with Gasteiger partial charge in [-0.1, -0.05) is 11.6 Å². The van der Waals surface area contributed by atoms with E-state index in [-0.39, 0.29) is 6.42 Å². The summed E-state index contributed by atoms with van der Waals surface area (Å²) in [6.07, 6.45) is 1.56. The summed E-state index contributed by atoms with van der Waals surface area (Å²) in [6.45, 7) is 12.4. The number of benzene rings is 1. The maximum atomic E-state index is 9.93. The monoisotopic (exact) mass is 483 g/mol. The van der Waals surface area contributed by atoms with Crippen molar-refractivity contribution in [2.75, 3.05) is 0 Å². The van der Waals surface area contributed by atoms with Crippen LogP contribution in [0.25, 0.3) is 22.2 Å². The molecule has 8 heteroatoms. The van der Waals surface area contributed by atoms with Crippen LogP contribution in [-0.2, 0) is 13.0 Å². The van der Waals surface area contributed by atoms with Crippen molar-refractivity contribution in [2.45, 2.75) is 66.4 Å². The lowest BCUT2D eigenvalue weighted by atomic mass is 9.91. The topological polar surface area (TPSA) is 93.5 Å². The summed E-state index contributed by atoms with van der Waals surface area (Å²) in [4.78, 5) is 9.19. The highest BCUT2D eigenvalue weighted by Crippen LogP contribution is 2.43. The largest absolute Gasteiger partial charge is 0.487 e. The molecule has 0 radical (unpaired) electrons. The van der Waals surface area contributed by atoms with E-state index in [9.17, 15) is 10.2 Å². The number of aryl methyl sites for hydroxylation is 2. The lowest BCUT2D eigenvalue weighted by Crippen LogP contribution is -2.23. The van der Waals surface area contributed by atoms with Crippen LogP contribution in [0.1, 0.15) is 49.0 Å². The number of hydrogen-bond acceptors (Lipinski definition) is 6. The van der Waals surface area contributed by atoms with Crippen molar-refractivity contribution >= 4 is 22.6 Å². The molecule has 0 bridgehead atoms. The van der Waals surface area contributed by atoms with Crippen molar-refractivity contribution < 1.29 is 19.4 Å². The number of nitrogens with zero attached hydrogens (tertiary/aromatic N) is 3. The van der Waals surface area contributed by atoms with Crippen LogP contribution >= 0.6 is 11.6 Å². The van der Waals surface area contributed by atoms with E-state index in [4.69, 9.17) is 25.7 Å². The first-order valence-electron chi connectivity index (χ1n) is 11.2. The zero-order valence-corrected chi connectivity index (χ0v) is 21.1. The van der Waals surface area contributed by atoms with Gasteiger partial charge in [0.25, 0.3) is 0 Å². The van der Waals surface area contributed by atoms with Gasteiger partial charge in [-0.3, -0.25) is 0 Å². The summed E-state index contributed by atoms with van der Waals surface area (Å²) in [5, 5.41) is 21.3. The van der Waals surface area contributed by atoms with E-state index in [0.29, 0.717) is 23.0 Å².